The van der Waals surface area contributed by atoms with Gasteiger partial charge in [0, 0.05) is 29.9 Å². The van der Waals surface area contributed by atoms with Crippen LogP contribution in [-0.2, 0) is 24.1 Å². The van der Waals surface area contributed by atoms with Gasteiger partial charge in [0.15, 0.2) is 0 Å². The molecule has 8 nitrogen and oxygen atoms in total. The number of nitrogens with one attached hydrogen (secondary N) is 1. The first-order chi connectivity index (χ1) is 22.1. The van der Waals surface area contributed by atoms with Crippen LogP contribution in [0.15, 0.2) is 48.2 Å². The van der Waals surface area contributed by atoms with Crippen molar-refractivity contribution in [2.45, 2.75) is 72.6 Å². The molecule has 5 rings (SSSR count). The van der Waals surface area contributed by atoms with Crippen molar-refractivity contribution in [1.29, 1.82) is 0 Å². The molecule has 2 aromatic carbocycles. The maximum Gasteiger partial charge on any atom is 0.416 e. The van der Waals surface area contributed by atoms with Gasteiger partial charge in [0.1, 0.15) is 17.3 Å². The van der Waals surface area contributed by atoms with Gasteiger partial charge in [-0.15, -0.1) is 0 Å². The Morgan fingerprint density at radius 1 is 1.00 bits per heavy atom. The van der Waals surface area contributed by atoms with E-state index in [-0.39, 0.29) is 11.4 Å². The third-order valence-corrected chi connectivity index (χ3v) is 8.05. The number of ether oxygens (including phenoxy) is 2. The van der Waals surface area contributed by atoms with Crippen molar-refractivity contribution in [1.82, 2.24) is 19.8 Å². The Labute approximate surface area is 269 Å². The second-order valence-electron chi connectivity index (χ2n) is 11.3. The highest BCUT2D eigenvalue weighted by molar-refractivity contribution is 6.07. The molecule has 2 aliphatic heterocycles. The maximum atomic E-state index is 13.8. The molecule has 0 bridgehead atoms. The van der Waals surface area contributed by atoms with Crippen molar-refractivity contribution in [3.8, 4) is 17.4 Å². The Balaban J connectivity index is 0.00000235. The van der Waals surface area contributed by atoms with E-state index in [9.17, 15) is 18.0 Å². The van der Waals surface area contributed by atoms with Crippen molar-refractivity contribution >= 4 is 17.7 Å². The Bertz CT molecular complexity index is 1510. The van der Waals surface area contributed by atoms with Gasteiger partial charge in [-0.3, -0.25) is 14.6 Å². The lowest BCUT2D eigenvalue weighted by Crippen LogP contribution is -2.21. The Kier molecular flexibility index (Phi) is 12.2. The van der Waals surface area contributed by atoms with Crippen LogP contribution in [0.25, 0.3) is 6.08 Å². The molecule has 0 aliphatic carbocycles. The van der Waals surface area contributed by atoms with E-state index in [1.54, 1.807) is 25.3 Å². The van der Waals surface area contributed by atoms with Crippen LogP contribution in [0.1, 0.15) is 74.5 Å². The van der Waals surface area contributed by atoms with Gasteiger partial charge in [-0.25, -0.2) is 4.98 Å². The Morgan fingerprint density at radius 3 is 2.28 bits per heavy atom. The molecular weight excluding hydrogens is 595 g/mol. The molecular formula is C35H44F3N5O3. The van der Waals surface area contributed by atoms with Crippen molar-refractivity contribution < 1.29 is 27.4 Å². The number of benzene rings is 2. The first-order valence-electron chi connectivity index (χ1n) is 15.9. The van der Waals surface area contributed by atoms with Gasteiger partial charge >= 0.3 is 6.18 Å². The summed E-state index contributed by atoms with van der Waals surface area (Å²) in [5, 5.41) is 2.67. The van der Waals surface area contributed by atoms with E-state index in [4.69, 9.17) is 9.47 Å². The zero-order chi connectivity index (χ0) is 33.3. The lowest BCUT2D eigenvalue weighted by Gasteiger charge is -2.21. The number of hydrogen-bond acceptors (Lipinski definition) is 7. The van der Waals surface area contributed by atoms with Crippen LogP contribution in [-0.4, -0.2) is 59.0 Å². The van der Waals surface area contributed by atoms with E-state index in [0.29, 0.717) is 41.7 Å². The zero-order valence-electron chi connectivity index (χ0n) is 27.3. The van der Waals surface area contributed by atoms with Crippen LogP contribution in [0.4, 0.5) is 18.9 Å². The van der Waals surface area contributed by atoms with Crippen LogP contribution in [0.3, 0.4) is 0 Å². The summed E-state index contributed by atoms with van der Waals surface area (Å²) >= 11 is 0. The number of rotatable bonds is 10. The van der Waals surface area contributed by atoms with E-state index in [0.717, 1.165) is 62.3 Å². The summed E-state index contributed by atoms with van der Waals surface area (Å²) in [7, 11) is 1.40. The second-order valence-corrected chi connectivity index (χ2v) is 11.3. The molecule has 46 heavy (non-hydrogen) atoms. The molecule has 1 amide bonds. The van der Waals surface area contributed by atoms with E-state index < -0.39 is 17.6 Å². The van der Waals surface area contributed by atoms with Crippen LogP contribution in [0.5, 0.6) is 17.4 Å². The first-order valence-corrected chi connectivity index (χ1v) is 15.9. The summed E-state index contributed by atoms with van der Waals surface area (Å²) in [4.78, 5) is 26.6. The predicted octanol–water partition coefficient (Wildman–Crippen LogP) is 7.86. The number of alkyl halides is 3. The van der Waals surface area contributed by atoms with Gasteiger partial charge in [0.25, 0.3) is 5.91 Å². The number of carbonyl (C=O) groups excluding carboxylic acids is 1. The highest BCUT2D eigenvalue weighted by Gasteiger charge is 2.33. The third-order valence-electron chi connectivity index (χ3n) is 8.05. The Morgan fingerprint density at radius 2 is 1.65 bits per heavy atom. The summed E-state index contributed by atoms with van der Waals surface area (Å²) in [6, 6.07) is 9.21. The molecule has 0 unspecified atom stereocenters. The van der Waals surface area contributed by atoms with E-state index in [1.807, 2.05) is 39.0 Å². The molecule has 11 heteroatoms. The number of hydrogen-bond donors (Lipinski definition) is 1. The largest absolute Gasteiger partial charge is 0.494 e. The fourth-order valence-electron chi connectivity index (χ4n) is 5.67. The number of aromatic nitrogens is 2. The number of halogens is 3. The van der Waals surface area contributed by atoms with Crippen molar-refractivity contribution in [2.24, 2.45) is 0 Å². The minimum absolute atomic E-state index is 0.0171. The van der Waals surface area contributed by atoms with Gasteiger partial charge < -0.3 is 14.8 Å². The number of anilines is 1. The monoisotopic (exact) mass is 639 g/mol. The molecule has 2 fully saturated rings. The Hall–Kier alpha value is -3.96. The van der Waals surface area contributed by atoms with E-state index in [1.165, 1.54) is 20.0 Å². The molecule has 0 radical (unpaired) electrons. The van der Waals surface area contributed by atoms with E-state index in [2.05, 4.69) is 25.1 Å². The molecule has 2 saturated heterocycles. The summed E-state index contributed by atoms with van der Waals surface area (Å²) in [6.45, 7) is 12.2. The zero-order valence-corrected chi connectivity index (χ0v) is 27.3. The first kappa shape index (κ1) is 34.9. The summed E-state index contributed by atoms with van der Waals surface area (Å²) in [6.07, 6.45) is 3.15. The smallest absolute Gasteiger partial charge is 0.416 e. The van der Waals surface area contributed by atoms with Crippen molar-refractivity contribution in [2.75, 3.05) is 38.6 Å². The molecule has 1 N–H and O–H groups in total. The standard InChI is InChI=1S/C33H38F3N5O3.C2H6/c1-22(32(42)38-27-19-26(33(34,35)36)18-25(31(27)43-3)20-40-13-4-5-14-40)17-24-9-8-10-28(23(24)2)44-30-11-12-37-29(39-30)21-41-15-6-7-16-41;1-2/h8-12,17-19H,4-7,13-16,20-21H2,1-3H3,(H,38,42);1-2H3/b22-17+;. The third kappa shape index (κ3) is 9.07. The maximum absolute atomic E-state index is 13.8. The minimum atomic E-state index is -4.58. The molecule has 3 heterocycles. The molecule has 0 saturated carbocycles. The molecule has 248 valence electrons. The fourth-order valence-corrected chi connectivity index (χ4v) is 5.67. The van der Waals surface area contributed by atoms with Crippen LogP contribution in [0.2, 0.25) is 0 Å². The summed E-state index contributed by atoms with van der Waals surface area (Å²) < 4.78 is 53.1. The number of likely N-dealkylation sites (tertiary alicyclic amines) is 2. The quantitative estimate of drug-likeness (QED) is 0.226. The van der Waals surface area contributed by atoms with Crippen molar-refractivity contribution in [3.63, 3.8) is 0 Å². The highest BCUT2D eigenvalue weighted by atomic mass is 19.4. The topological polar surface area (TPSA) is 79.8 Å². The van der Waals surface area contributed by atoms with Gasteiger partial charge in [0.05, 0.1) is 24.9 Å². The fraction of sp³-hybridized carbons (Fsp3) is 0.457. The predicted molar refractivity (Wildman–Crippen MR) is 174 cm³/mol. The molecule has 0 spiro atoms. The highest BCUT2D eigenvalue weighted by Crippen LogP contribution is 2.39. The lowest BCUT2D eigenvalue weighted by atomic mass is 10.0. The van der Waals surface area contributed by atoms with Crippen molar-refractivity contribution in [3.05, 3.63) is 76.2 Å². The van der Waals surface area contributed by atoms with Crippen LogP contribution < -0.4 is 14.8 Å². The van der Waals surface area contributed by atoms with Gasteiger partial charge in [0.2, 0.25) is 5.88 Å². The van der Waals surface area contributed by atoms with Gasteiger partial charge in [-0.05, 0) is 101 Å². The molecule has 2 aliphatic rings. The molecule has 3 aromatic rings. The lowest BCUT2D eigenvalue weighted by molar-refractivity contribution is -0.137. The minimum Gasteiger partial charge on any atom is -0.494 e. The normalized spacial score (nSPS) is 15.8. The second kappa shape index (κ2) is 16.0. The average molecular weight is 640 g/mol. The van der Waals surface area contributed by atoms with Gasteiger partial charge in [-0.2, -0.15) is 18.2 Å². The number of nitrogens with zero attached hydrogens (tertiary/aromatic N) is 4. The van der Waals surface area contributed by atoms with Crippen LogP contribution in [0, 0.1) is 6.92 Å². The van der Waals surface area contributed by atoms with E-state index >= 15 is 0 Å². The number of amides is 1. The summed E-state index contributed by atoms with van der Waals surface area (Å²) in [5.74, 6) is 1.38. The molecule has 0 atom stereocenters. The van der Waals surface area contributed by atoms with Crippen LogP contribution >= 0.6 is 0 Å². The SMILES string of the molecule is CC.COc1c(CN2CCCC2)cc(C(F)(F)F)cc1NC(=O)/C(C)=C/c1cccc(Oc2ccnc(CN3CCCC3)n2)c1C. The molecule has 1 aromatic heterocycles. The van der Waals surface area contributed by atoms with Gasteiger partial charge in [-0.1, -0.05) is 26.0 Å². The average Bonchev–Trinajstić information content (AvgIpc) is 3.74. The number of carbonyl (C=O) groups is 1. The summed E-state index contributed by atoms with van der Waals surface area (Å²) in [5.41, 5.74) is 1.35. The number of methoxy groups -OCH3 is 1.